The molecule has 0 atom stereocenters. The zero-order chi connectivity index (χ0) is 12.6. The molecule has 0 spiro atoms. The summed E-state index contributed by atoms with van der Waals surface area (Å²) in [4.78, 5) is 0. The highest BCUT2D eigenvalue weighted by Gasteiger charge is 2.36. The second kappa shape index (κ2) is 4.05. The van der Waals surface area contributed by atoms with Crippen LogP contribution >= 0.6 is 0 Å². The molecule has 1 heterocycles. The molecule has 0 aliphatic heterocycles. The molecule has 94 valence electrons. The Hall–Kier alpha value is -1.53. The van der Waals surface area contributed by atoms with Gasteiger partial charge in [0.15, 0.2) is 5.69 Å². The summed E-state index contributed by atoms with van der Waals surface area (Å²) in [6, 6.07) is 0.783. The van der Waals surface area contributed by atoms with E-state index < -0.39 is 11.9 Å². The molecule has 2 rings (SSSR count). The first-order chi connectivity index (χ1) is 7.89. The van der Waals surface area contributed by atoms with Crippen LogP contribution in [0.3, 0.4) is 0 Å². The number of hydrogen-bond donors (Lipinski definition) is 2. The summed E-state index contributed by atoms with van der Waals surface area (Å²) >= 11 is 0. The number of aromatic nitrogens is 2. The van der Waals surface area contributed by atoms with Gasteiger partial charge < -0.3 is 5.73 Å². The average Bonchev–Trinajstić information content (AvgIpc) is 2.85. The lowest BCUT2D eigenvalue weighted by Gasteiger charge is -2.13. The van der Waals surface area contributed by atoms with Gasteiger partial charge >= 0.3 is 6.18 Å². The Balaban J connectivity index is 2.42. The summed E-state index contributed by atoms with van der Waals surface area (Å²) in [6.45, 7) is 0. The maximum absolute atomic E-state index is 12.5. The molecule has 0 radical (unpaired) electrons. The fourth-order valence-electron chi connectivity index (χ4n) is 2.16. The monoisotopic (exact) mass is 246 g/mol. The van der Waals surface area contributed by atoms with E-state index in [4.69, 9.17) is 11.1 Å². The lowest BCUT2D eigenvalue weighted by atomic mass is 10.2. The number of nitrogens with one attached hydrogen (secondary N) is 1. The number of nitrogens with two attached hydrogens (primary N) is 1. The standard InChI is InChI=1S/C10H13F3N4/c11-10(12,13)8-5-7(9(14)15)17(16-8)6-3-1-2-4-6/h5-6H,1-4H2,(H3,14,15). The molecule has 0 amide bonds. The Morgan fingerprint density at radius 3 is 2.47 bits per heavy atom. The lowest BCUT2D eigenvalue weighted by molar-refractivity contribution is -0.141. The molecule has 0 bridgehead atoms. The molecule has 0 aromatic carbocycles. The number of amidine groups is 1. The Morgan fingerprint density at radius 2 is 2.00 bits per heavy atom. The van der Waals surface area contributed by atoms with E-state index in [-0.39, 0.29) is 17.6 Å². The predicted molar refractivity (Wildman–Crippen MR) is 55.8 cm³/mol. The first kappa shape index (κ1) is 11.9. The van der Waals surface area contributed by atoms with E-state index >= 15 is 0 Å². The summed E-state index contributed by atoms with van der Waals surface area (Å²) in [5.41, 5.74) is 4.38. The molecule has 0 unspecified atom stereocenters. The average molecular weight is 246 g/mol. The SMILES string of the molecule is N=C(N)c1cc(C(F)(F)F)nn1C1CCCC1. The molecule has 1 fully saturated rings. The highest BCUT2D eigenvalue weighted by atomic mass is 19.4. The fraction of sp³-hybridized carbons (Fsp3) is 0.600. The van der Waals surface area contributed by atoms with Crippen molar-refractivity contribution in [2.24, 2.45) is 5.73 Å². The van der Waals surface area contributed by atoms with Crippen LogP contribution < -0.4 is 5.73 Å². The molecular formula is C10H13F3N4. The van der Waals surface area contributed by atoms with E-state index in [1.54, 1.807) is 0 Å². The van der Waals surface area contributed by atoms with E-state index in [9.17, 15) is 13.2 Å². The van der Waals surface area contributed by atoms with Crippen LogP contribution in [0.5, 0.6) is 0 Å². The van der Waals surface area contributed by atoms with Gasteiger partial charge in [0.25, 0.3) is 0 Å². The molecule has 1 aromatic rings. The van der Waals surface area contributed by atoms with E-state index in [1.807, 2.05) is 0 Å². The first-order valence-electron chi connectivity index (χ1n) is 5.40. The Kier molecular flexibility index (Phi) is 2.84. The van der Waals surface area contributed by atoms with E-state index in [1.165, 1.54) is 4.68 Å². The smallest absolute Gasteiger partial charge is 0.382 e. The van der Waals surface area contributed by atoms with Gasteiger partial charge in [-0.05, 0) is 18.9 Å². The summed E-state index contributed by atoms with van der Waals surface area (Å²) in [5.74, 6) is -0.375. The normalized spacial score (nSPS) is 17.6. The van der Waals surface area contributed by atoms with Crippen LogP contribution in [0.25, 0.3) is 0 Å². The first-order valence-corrected chi connectivity index (χ1v) is 5.40. The van der Waals surface area contributed by atoms with Crippen LogP contribution in [-0.2, 0) is 6.18 Å². The van der Waals surface area contributed by atoms with Gasteiger partial charge in [-0.2, -0.15) is 18.3 Å². The van der Waals surface area contributed by atoms with Crippen LogP contribution in [0.2, 0.25) is 0 Å². The Bertz CT molecular complexity index is 429. The Morgan fingerprint density at radius 1 is 1.41 bits per heavy atom. The molecular weight excluding hydrogens is 233 g/mol. The molecule has 17 heavy (non-hydrogen) atoms. The molecule has 3 N–H and O–H groups in total. The van der Waals surface area contributed by atoms with Crippen LogP contribution in [0.15, 0.2) is 6.07 Å². The number of alkyl halides is 3. The third-order valence-electron chi connectivity index (χ3n) is 2.97. The second-order valence-electron chi connectivity index (χ2n) is 4.21. The number of halogens is 3. The quantitative estimate of drug-likeness (QED) is 0.621. The van der Waals surface area contributed by atoms with Crippen molar-refractivity contribution in [1.29, 1.82) is 5.41 Å². The zero-order valence-corrected chi connectivity index (χ0v) is 9.09. The lowest BCUT2D eigenvalue weighted by Crippen LogP contribution is -2.20. The van der Waals surface area contributed by atoms with Crippen molar-refractivity contribution < 1.29 is 13.2 Å². The van der Waals surface area contributed by atoms with Crippen molar-refractivity contribution in [2.75, 3.05) is 0 Å². The van der Waals surface area contributed by atoms with Gasteiger partial charge in [0.2, 0.25) is 0 Å². The second-order valence-corrected chi connectivity index (χ2v) is 4.21. The van der Waals surface area contributed by atoms with E-state index in [2.05, 4.69) is 5.10 Å². The van der Waals surface area contributed by atoms with Gasteiger partial charge in [0.1, 0.15) is 11.5 Å². The minimum atomic E-state index is -4.49. The molecule has 4 nitrogen and oxygen atoms in total. The van der Waals surface area contributed by atoms with Crippen molar-refractivity contribution in [3.05, 3.63) is 17.5 Å². The minimum Gasteiger partial charge on any atom is -0.382 e. The van der Waals surface area contributed by atoms with Gasteiger partial charge in [-0.15, -0.1) is 0 Å². The minimum absolute atomic E-state index is 0.0595. The third kappa shape index (κ3) is 2.27. The molecule has 0 saturated heterocycles. The van der Waals surface area contributed by atoms with Crippen molar-refractivity contribution in [3.63, 3.8) is 0 Å². The highest BCUT2D eigenvalue weighted by molar-refractivity contribution is 5.93. The zero-order valence-electron chi connectivity index (χ0n) is 9.09. The van der Waals surface area contributed by atoms with Gasteiger partial charge in [0.05, 0.1) is 6.04 Å². The largest absolute Gasteiger partial charge is 0.435 e. The Labute approximate surface area is 96.1 Å². The van der Waals surface area contributed by atoms with Gasteiger partial charge in [-0.3, -0.25) is 10.1 Å². The number of nitrogen functional groups attached to an aromatic ring is 1. The van der Waals surface area contributed by atoms with Crippen LogP contribution in [0.1, 0.15) is 43.1 Å². The molecule has 1 aliphatic rings. The summed E-state index contributed by atoms with van der Waals surface area (Å²) in [7, 11) is 0. The topological polar surface area (TPSA) is 67.7 Å². The van der Waals surface area contributed by atoms with Gasteiger partial charge in [-0.1, -0.05) is 12.8 Å². The summed E-state index contributed by atoms with van der Waals surface area (Å²) < 4.78 is 38.9. The van der Waals surface area contributed by atoms with Crippen molar-refractivity contribution >= 4 is 5.84 Å². The summed E-state index contributed by atoms with van der Waals surface area (Å²) in [6.07, 6.45) is -0.959. The van der Waals surface area contributed by atoms with Gasteiger partial charge in [-0.25, -0.2) is 0 Å². The van der Waals surface area contributed by atoms with E-state index in [0.29, 0.717) is 0 Å². The van der Waals surface area contributed by atoms with Crippen molar-refractivity contribution in [2.45, 2.75) is 37.9 Å². The maximum Gasteiger partial charge on any atom is 0.435 e. The molecule has 1 aromatic heterocycles. The van der Waals surface area contributed by atoms with Crippen LogP contribution in [0.4, 0.5) is 13.2 Å². The maximum atomic E-state index is 12.5. The number of hydrogen-bond acceptors (Lipinski definition) is 2. The van der Waals surface area contributed by atoms with Crippen LogP contribution in [-0.4, -0.2) is 15.6 Å². The molecule has 1 saturated carbocycles. The summed E-state index contributed by atoms with van der Waals surface area (Å²) in [5, 5.41) is 10.9. The number of nitrogens with zero attached hydrogens (tertiary/aromatic N) is 2. The number of rotatable bonds is 2. The molecule has 7 heteroatoms. The fourth-order valence-corrected chi connectivity index (χ4v) is 2.16. The van der Waals surface area contributed by atoms with Crippen molar-refractivity contribution in [1.82, 2.24) is 9.78 Å². The third-order valence-corrected chi connectivity index (χ3v) is 2.97. The van der Waals surface area contributed by atoms with Crippen molar-refractivity contribution in [3.8, 4) is 0 Å². The van der Waals surface area contributed by atoms with Gasteiger partial charge in [0, 0.05) is 0 Å². The van der Waals surface area contributed by atoms with E-state index in [0.717, 1.165) is 31.7 Å². The predicted octanol–water partition coefficient (Wildman–Crippen LogP) is 2.30. The van der Waals surface area contributed by atoms with Crippen LogP contribution in [0, 0.1) is 5.41 Å². The highest BCUT2D eigenvalue weighted by Crippen LogP contribution is 2.33. The molecule has 1 aliphatic carbocycles.